The first-order valence-corrected chi connectivity index (χ1v) is 15.3. The predicted octanol–water partition coefficient (Wildman–Crippen LogP) is 12.0. The molecule has 0 atom stereocenters. The van der Waals surface area contributed by atoms with E-state index < -0.39 is 0 Å². The van der Waals surface area contributed by atoms with Gasteiger partial charge in [-0.25, -0.2) is 0 Å². The van der Waals surface area contributed by atoms with Crippen molar-refractivity contribution < 1.29 is 8.83 Å². The topological polar surface area (TPSA) is 50.1 Å². The van der Waals surface area contributed by atoms with Crippen molar-refractivity contribution in [3.05, 3.63) is 157 Å². The van der Waals surface area contributed by atoms with E-state index in [0.717, 1.165) is 88.4 Å². The third-order valence-electron chi connectivity index (χ3n) is 8.96. The summed E-state index contributed by atoms with van der Waals surface area (Å²) in [7, 11) is 0. The van der Waals surface area contributed by atoms with Crippen molar-refractivity contribution >= 4 is 43.9 Å². The molecule has 0 aliphatic rings. The standard InChI is InChI=1S/C43H25NO2/c44-26-30-12-4-5-13-31(30)35-21-20-32(27-10-2-1-3-11-27)42(28-18-22-40-36(24-28)33-14-6-8-16-38(33)45-40)43(35)29-19-23-41-37(25-29)34-15-7-9-17-39(34)46-41/h1-25H. The lowest BCUT2D eigenvalue weighted by molar-refractivity contribution is 0.668. The van der Waals surface area contributed by atoms with Crippen LogP contribution >= 0.6 is 0 Å². The first-order chi connectivity index (χ1) is 22.8. The van der Waals surface area contributed by atoms with Crippen LogP contribution in [0.2, 0.25) is 0 Å². The molecular weight excluding hydrogens is 562 g/mol. The summed E-state index contributed by atoms with van der Waals surface area (Å²) >= 11 is 0. The second-order valence-corrected chi connectivity index (χ2v) is 11.6. The van der Waals surface area contributed by atoms with Gasteiger partial charge >= 0.3 is 0 Å². The Balaban J connectivity index is 1.44. The Bertz CT molecular complexity index is 2650. The first-order valence-electron chi connectivity index (χ1n) is 15.3. The molecule has 0 bridgehead atoms. The molecule has 2 heterocycles. The highest BCUT2D eigenvalue weighted by molar-refractivity contribution is 6.11. The highest BCUT2D eigenvalue weighted by atomic mass is 16.3. The normalized spacial score (nSPS) is 11.5. The molecule has 0 N–H and O–H groups in total. The van der Waals surface area contributed by atoms with E-state index >= 15 is 0 Å². The van der Waals surface area contributed by atoms with E-state index in [9.17, 15) is 5.26 Å². The Hall–Kier alpha value is -6.37. The van der Waals surface area contributed by atoms with E-state index in [4.69, 9.17) is 8.83 Å². The van der Waals surface area contributed by atoms with Crippen molar-refractivity contribution in [2.24, 2.45) is 0 Å². The molecule has 0 aliphatic carbocycles. The predicted molar refractivity (Wildman–Crippen MR) is 187 cm³/mol. The number of rotatable bonds is 4. The molecule has 9 rings (SSSR count). The molecule has 0 radical (unpaired) electrons. The van der Waals surface area contributed by atoms with E-state index in [1.165, 1.54) is 0 Å². The minimum Gasteiger partial charge on any atom is -0.456 e. The molecule has 214 valence electrons. The number of nitriles is 1. The molecule has 0 spiro atoms. The second kappa shape index (κ2) is 10.4. The summed E-state index contributed by atoms with van der Waals surface area (Å²) < 4.78 is 12.5. The van der Waals surface area contributed by atoms with Crippen LogP contribution in [0, 0.1) is 11.3 Å². The zero-order chi connectivity index (χ0) is 30.6. The van der Waals surface area contributed by atoms with Crippen LogP contribution < -0.4 is 0 Å². The van der Waals surface area contributed by atoms with Gasteiger partial charge in [0.15, 0.2) is 0 Å². The largest absolute Gasteiger partial charge is 0.456 e. The summed E-state index contributed by atoms with van der Waals surface area (Å²) in [5.74, 6) is 0. The average molecular weight is 588 g/mol. The van der Waals surface area contributed by atoms with Crippen LogP contribution in [-0.2, 0) is 0 Å². The van der Waals surface area contributed by atoms with Crippen LogP contribution in [0.3, 0.4) is 0 Å². The van der Waals surface area contributed by atoms with E-state index in [1.807, 2.05) is 60.7 Å². The van der Waals surface area contributed by atoms with Gasteiger partial charge in [-0.3, -0.25) is 0 Å². The SMILES string of the molecule is N#Cc1ccccc1-c1ccc(-c2ccccc2)c(-c2ccc3oc4ccccc4c3c2)c1-c1ccc2oc3ccccc3c2c1. The Morgan fingerprint density at radius 2 is 0.870 bits per heavy atom. The molecular formula is C43H25NO2. The minimum absolute atomic E-state index is 0.633. The number of para-hydroxylation sites is 2. The Morgan fingerprint density at radius 1 is 0.370 bits per heavy atom. The van der Waals surface area contributed by atoms with Gasteiger partial charge in [0.2, 0.25) is 0 Å². The Kier molecular flexibility index (Phi) is 5.88. The van der Waals surface area contributed by atoms with Crippen LogP contribution in [0.1, 0.15) is 5.56 Å². The number of hydrogen-bond acceptors (Lipinski definition) is 3. The van der Waals surface area contributed by atoms with Gasteiger partial charge in [-0.1, -0.05) is 109 Å². The lowest BCUT2D eigenvalue weighted by Crippen LogP contribution is -1.96. The molecule has 46 heavy (non-hydrogen) atoms. The summed E-state index contributed by atoms with van der Waals surface area (Å²) in [6.07, 6.45) is 0. The van der Waals surface area contributed by atoms with Crippen LogP contribution in [-0.4, -0.2) is 0 Å². The summed E-state index contributed by atoms with van der Waals surface area (Å²) in [4.78, 5) is 0. The fraction of sp³-hybridized carbons (Fsp3) is 0. The maximum Gasteiger partial charge on any atom is 0.135 e. The molecule has 0 unspecified atom stereocenters. The zero-order valence-corrected chi connectivity index (χ0v) is 24.7. The lowest BCUT2D eigenvalue weighted by atomic mass is 9.81. The summed E-state index contributed by atoms with van der Waals surface area (Å²) in [5, 5.41) is 14.5. The number of fused-ring (bicyclic) bond motifs is 6. The van der Waals surface area contributed by atoms with Gasteiger partial charge in [0.25, 0.3) is 0 Å². The quantitative estimate of drug-likeness (QED) is 0.206. The van der Waals surface area contributed by atoms with Gasteiger partial charge in [0.1, 0.15) is 22.3 Å². The van der Waals surface area contributed by atoms with Crippen molar-refractivity contribution in [3.8, 4) is 50.6 Å². The third-order valence-corrected chi connectivity index (χ3v) is 8.96. The van der Waals surface area contributed by atoms with E-state index in [1.54, 1.807) is 0 Å². The maximum atomic E-state index is 10.2. The molecule has 3 nitrogen and oxygen atoms in total. The second-order valence-electron chi connectivity index (χ2n) is 11.6. The Labute approximate surface area is 265 Å². The van der Waals surface area contributed by atoms with Gasteiger partial charge in [0.05, 0.1) is 11.6 Å². The van der Waals surface area contributed by atoms with Crippen molar-refractivity contribution in [1.82, 2.24) is 0 Å². The van der Waals surface area contributed by atoms with Gasteiger partial charge in [-0.15, -0.1) is 0 Å². The Morgan fingerprint density at radius 3 is 1.50 bits per heavy atom. The molecule has 0 fully saturated rings. The molecule has 3 heteroatoms. The van der Waals surface area contributed by atoms with Crippen LogP contribution in [0.5, 0.6) is 0 Å². The minimum atomic E-state index is 0.633. The van der Waals surface area contributed by atoms with Gasteiger partial charge in [-0.2, -0.15) is 5.26 Å². The summed E-state index contributed by atoms with van der Waals surface area (Å²) in [5.41, 5.74) is 12.4. The lowest BCUT2D eigenvalue weighted by Gasteiger charge is -2.21. The van der Waals surface area contributed by atoms with Crippen molar-refractivity contribution in [2.45, 2.75) is 0 Å². The van der Waals surface area contributed by atoms with Gasteiger partial charge < -0.3 is 8.83 Å². The molecule has 2 aromatic heterocycles. The van der Waals surface area contributed by atoms with Crippen molar-refractivity contribution in [3.63, 3.8) is 0 Å². The molecule has 7 aromatic carbocycles. The fourth-order valence-corrected chi connectivity index (χ4v) is 6.86. The number of benzene rings is 7. The van der Waals surface area contributed by atoms with Crippen molar-refractivity contribution in [1.29, 1.82) is 5.26 Å². The van der Waals surface area contributed by atoms with Crippen LogP contribution in [0.4, 0.5) is 0 Å². The molecule has 0 amide bonds. The highest BCUT2D eigenvalue weighted by Crippen LogP contribution is 2.48. The first kappa shape index (κ1) is 26.1. The maximum absolute atomic E-state index is 10.2. The van der Waals surface area contributed by atoms with Crippen LogP contribution in [0.15, 0.2) is 160 Å². The monoisotopic (exact) mass is 587 g/mol. The smallest absolute Gasteiger partial charge is 0.135 e. The molecule has 0 saturated carbocycles. The van der Waals surface area contributed by atoms with E-state index in [2.05, 4.69) is 97.1 Å². The molecule has 9 aromatic rings. The third kappa shape index (κ3) is 4.05. The van der Waals surface area contributed by atoms with E-state index in [-0.39, 0.29) is 0 Å². The number of furan rings is 2. The number of nitrogens with zero attached hydrogens (tertiary/aromatic N) is 1. The highest BCUT2D eigenvalue weighted by Gasteiger charge is 2.22. The summed E-state index contributed by atoms with van der Waals surface area (Å²) in [6.45, 7) is 0. The van der Waals surface area contributed by atoms with Crippen LogP contribution in [0.25, 0.3) is 88.4 Å². The van der Waals surface area contributed by atoms with Gasteiger partial charge in [-0.05, 0) is 81.4 Å². The van der Waals surface area contributed by atoms with Crippen molar-refractivity contribution in [2.75, 3.05) is 0 Å². The van der Waals surface area contributed by atoms with Gasteiger partial charge in [0, 0.05) is 27.1 Å². The van der Waals surface area contributed by atoms with E-state index in [0.29, 0.717) is 5.56 Å². The number of hydrogen-bond donors (Lipinski definition) is 0. The zero-order valence-electron chi connectivity index (χ0n) is 24.7. The average Bonchev–Trinajstić information content (AvgIpc) is 3.69. The molecule has 0 saturated heterocycles. The molecule has 0 aliphatic heterocycles. The fourth-order valence-electron chi connectivity index (χ4n) is 6.86. The summed E-state index contributed by atoms with van der Waals surface area (Å²) in [6, 6.07) is 54.4.